The van der Waals surface area contributed by atoms with Crippen LogP contribution < -0.4 is 10.5 Å². The highest BCUT2D eigenvalue weighted by atomic mass is 32.2. The van der Waals surface area contributed by atoms with Crippen LogP contribution in [-0.2, 0) is 21.9 Å². The second-order valence-corrected chi connectivity index (χ2v) is 5.51. The third-order valence-electron chi connectivity index (χ3n) is 2.30. The number of aliphatic hydroxyl groups excluding tert-OH is 1. The van der Waals surface area contributed by atoms with Crippen LogP contribution in [0.2, 0.25) is 0 Å². The molecule has 19 heavy (non-hydrogen) atoms. The highest BCUT2D eigenvalue weighted by Crippen LogP contribution is 2.13. The van der Waals surface area contributed by atoms with Crippen molar-refractivity contribution in [2.24, 2.45) is 12.8 Å². The first kappa shape index (κ1) is 15.1. The Morgan fingerprint density at radius 2 is 2.11 bits per heavy atom. The molecule has 0 aliphatic carbocycles. The van der Waals surface area contributed by atoms with Crippen LogP contribution >= 0.6 is 0 Å². The van der Waals surface area contributed by atoms with Gasteiger partial charge in [-0.1, -0.05) is 0 Å². The van der Waals surface area contributed by atoms with E-state index in [0.29, 0.717) is 0 Å². The van der Waals surface area contributed by atoms with Crippen molar-refractivity contribution in [1.82, 2.24) is 9.29 Å². The SMILES string of the molecule is Cn1cc(S(=O)(=O)NCC(O)C(N)=O)cc1C(=O)O. The summed E-state index contributed by atoms with van der Waals surface area (Å²) in [4.78, 5) is 21.0. The number of nitrogens with one attached hydrogen (secondary N) is 1. The minimum atomic E-state index is -4.03. The molecule has 0 aromatic carbocycles. The van der Waals surface area contributed by atoms with Gasteiger partial charge in [0.25, 0.3) is 0 Å². The number of hydrogen-bond acceptors (Lipinski definition) is 5. The van der Waals surface area contributed by atoms with Crippen molar-refractivity contribution >= 4 is 21.9 Å². The number of carboxylic acid groups (broad SMARTS) is 1. The Morgan fingerprint density at radius 1 is 1.53 bits per heavy atom. The summed E-state index contributed by atoms with van der Waals surface area (Å²) in [5, 5.41) is 17.9. The standard InChI is InChI=1S/C9H13N3O6S/c1-12-4-5(2-6(12)9(15)16)19(17,18)11-3-7(13)8(10)14/h2,4,7,11,13H,3H2,1H3,(H2,10,14)(H,15,16). The van der Waals surface area contributed by atoms with Gasteiger partial charge in [-0.3, -0.25) is 4.79 Å². The number of amides is 1. The Kier molecular flexibility index (Phi) is 4.29. The zero-order chi connectivity index (χ0) is 14.8. The van der Waals surface area contributed by atoms with Crippen molar-refractivity contribution in [3.8, 4) is 0 Å². The topological polar surface area (TPSA) is 152 Å². The number of sulfonamides is 1. The van der Waals surface area contributed by atoms with Gasteiger partial charge in [0.2, 0.25) is 15.9 Å². The van der Waals surface area contributed by atoms with Gasteiger partial charge in [0.05, 0.1) is 0 Å². The Balaban J connectivity index is 2.92. The van der Waals surface area contributed by atoms with Crippen LogP contribution in [0.3, 0.4) is 0 Å². The molecule has 0 fully saturated rings. The number of hydrogen-bond donors (Lipinski definition) is 4. The Bertz CT molecular complexity index is 605. The normalized spacial score (nSPS) is 13.2. The Labute approximate surface area is 108 Å². The first-order valence-electron chi connectivity index (χ1n) is 5.02. The average Bonchev–Trinajstić information content (AvgIpc) is 2.69. The highest BCUT2D eigenvalue weighted by molar-refractivity contribution is 7.89. The van der Waals surface area contributed by atoms with Gasteiger partial charge in [-0.2, -0.15) is 0 Å². The number of nitrogens with zero attached hydrogens (tertiary/aromatic N) is 1. The molecule has 106 valence electrons. The summed E-state index contributed by atoms with van der Waals surface area (Å²) in [6, 6.07) is 0.960. The second-order valence-electron chi connectivity index (χ2n) is 3.75. The van der Waals surface area contributed by atoms with Crippen LogP contribution in [0.25, 0.3) is 0 Å². The maximum Gasteiger partial charge on any atom is 0.352 e. The van der Waals surface area contributed by atoms with Gasteiger partial charge in [0.15, 0.2) is 0 Å². The molecule has 1 amide bonds. The number of primary amides is 1. The molecule has 0 spiro atoms. The molecule has 5 N–H and O–H groups in total. The van der Waals surface area contributed by atoms with Gasteiger partial charge in [-0.15, -0.1) is 0 Å². The van der Waals surface area contributed by atoms with Crippen molar-refractivity contribution in [1.29, 1.82) is 0 Å². The molecule has 1 aromatic heterocycles. The lowest BCUT2D eigenvalue weighted by Gasteiger charge is -2.07. The zero-order valence-electron chi connectivity index (χ0n) is 9.90. The first-order valence-corrected chi connectivity index (χ1v) is 6.50. The van der Waals surface area contributed by atoms with E-state index in [4.69, 9.17) is 15.9 Å². The van der Waals surface area contributed by atoms with E-state index in [1.165, 1.54) is 7.05 Å². The van der Waals surface area contributed by atoms with Gasteiger partial charge < -0.3 is 20.5 Å². The summed E-state index contributed by atoms with van der Waals surface area (Å²) in [7, 11) is -2.65. The molecular weight excluding hydrogens is 278 g/mol. The van der Waals surface area contributed by atoms with E-state index in [2.05, 4.69) is 0 Å². The van der Waals surface area contributed by atoms with E-state index >= 15 is 0 Å². The summed E-state index contributed by atoms with van der Waals surface area (Å²) in [6.07, 6.45) is -0.556. The average molecular weight is 291 g/mol. The fourth-order valence-electron chi connectivity index (χ4n) is 1.27. The van der Waals surface area contributed by atoms with Crippen molar-refractivity contribution < 1.29 is 28.2 Å². The minimum absolute atomic E-state index is 0.212. The Morgan fingerprint density at radius 3 is 2.53 bits per heavy atom. The van der Waals surface area contributed by atoms with E-state index in [0.717, 1.165) is 16.8 Å². The summed E-state index contributed by atoms with van der Waals surface area (Å²) < 4.78 is 26.6. The van der Waals surface area contributed by atoms with E-state index < -0.39 is 34.5 Å². The van der Waals surface area contributed by atoms with E-state index in [-0.39, 0.29) is 10.6 Å². The van der Waals surface area contributed by atoms with E-state index in [1.54, 1.807) is 0 Å². The monoisotopic (exact) mass is 291 g/mol. The van der Waals surface area contributed by atoms with Gasteiger partial charge >= 0.3 is 5.97 Å². The van der Waals surface area contributed by atoms with E-state index in [1.807, 2.05) is 4.72 Å². The molecule has 1 aromatic rings. The molecule has 9 nitrogen and oxygen atoms in total. The van der Waals surface area contributed by atoms with E-state index in [9.17, 15) is 18.0 Å². The summed E-state index contributed by atoms with van der Waals surface area (Å²) in [6.45, 7) is -0.588. The lowest BCUT2D eigenvalue weighted by molar-refractivity contribution is -0.125. The van der Waals surface area contributed by atoms with Gasteiger partial charge in [-0.25, -0.2) is 17.9 Å². The second kappa shape index (κ2) is 5.38. The number of rotatable bonds is 6. The number of aryl methyl sites for hydroxylation is 1. The maximum atomic E-state index is 11.8. The smallest absolute Gasteiger partial charge is 0.352 e. The van der Waals surface area contributed by atoms with Crippen LogP contribution in [0.5, 0.6) is 0 Å². The lowest BCUT2D eigenvalue weighted by atomic mass is 10.3. The van der Waals surface area contributed by atoms with Crippen LogP contribution in [0.15, 0.2) is 17.2 Å². The molecule has 1 rings (SSSR count). The molecule has 0 saturated carbocycles. The number of nitrogens with two attached hydrogens (primary N) is 1. The molecule has 1 atom stereocenters. The predicted molar refractivity (Wildman–Crippen MR) is 62.8 cm³/mol. The van der Waals surface area contributed by atoms with Gasteiger partial charge in [0, 0.05) is 19.8 Å². The largest absolute Gasteiger partial charge is 0.477 e. The number of carbonyl (C=O) groups is 2. The number of aromatic nitrogens is 1. The molecule has 1 unspecified atom stereocenters. The first-order chi connectivity index (χ1) is 8.65. The summed E-state index contributed by atoms with van der Waals surface area (Å²) >= 11 is 0. The molecule has 0 radical (unpaired) electrons. The number of carbonyl (C=O) groups excluding carboxylic acids is 1. The predicted octanol–water partition coefficient (Wildman–Crippen LogP) is -2.15. The summed E-state index contributed by atoms with van der Waals surface area (Å²) in [5.41, 5.74) is 4.55. The molecule has 0 aliphatic rings. The molecule has 10 heteroatoms. The van der Waals surface area contributed by atoms with Crippen LogP contribution in [0.4, 0.5) is 0 Å². The quantitative estimate of drug-likeness (QED) is 0.469. The fraction of sp³-hybridized carbons (Fsp3) is 0.333. The van der Waals surface area contributed by atoms with Crippen LogP contribution in [-0.4, -0.2) is 47.7 Å². The van der Waals surface area contributed by atoms with Gasteiger partial charge in [-0.05, 0) is 6.07 Å². The van der Waals surface area contributed by atoms with Crippen molar-refractivity contribution in [2.75, 3.05) is 6.54 Å². The Hall–Kier alpha value is -1.91. The third kappa shape index (κ3) is 3.53. The number of carboxylic acids is 1. The third-order valence-corrected chi connectivity index (χ3v) is 3.69. The van der Waals surface area contributed by atoms with Crippen LogP contribution in [0, 0.1) is 0 Å². The fourth-order valence-corrected chi connectivity index (χ4v) is 2.37. The van der Waals surface area contributed by atoms with Crippen LogP contribution in [0.1, 0.15) is 10.5 Å². The van der Waals surface area contributed by atoms with Crippen molar-refractivity contribution in [2.45, 2.75) is 11.0 Å². The lowest BCUT2D eigenvalue weighted by Crippen LogP contribution is -2.39. The molecule has 0 aliphatic heterocycles. The summed E-state index contributed by atoms with van der Waals surface area (Å²) in [5.74, 6) is -2.34. The van der Waals surface area contributed by atoms with Crippen molar-refractivity contribution in [3.05, 3.63) is 18.0 Å². The van der Waals surface area contributed by atoms with Crippen molar-refractivity contribution in [3.63, 3.8) is 0 Å². The molecule has 0 saturated heterocycles. The van der Waals surface area contributed by atoms with Gasteiger partial charge in [0.1, 0.15) is 16.7 Å². The number of aromatic carboxylic acids is 1. The minimum Gasteiger partial charge on any atom is -0.477 e. The zero-order valence-corrected chi connectivity index (χ0v) is 10.7. The maximum absolute atomic E-state index is 11.8. The number of aliphatic hydroxyl groups is 1. The molecule has 0 bridgehead atoms. The molecule has 1 heterocycles. The highest BCUT2D eigenvalue weighted by Gasteiger charge is 2.22. The molecular formula is C9H13N3O6S.